The number of nitrogen functional groups attached to an aromatic ring is 1. The molecule has 1 heterocycles. The molecule has 2 aromatic rings. The maximum atomic E-state index is 9.64. The van der Waals surface area contributed by atoms with Gasteiger partial charge in [0.25, 0.3) is 5.89 Å². The summed E-state index contributed by atoms with van der Waals surface area (Å²) in [5.41, 5.74) is 6.62. The Kier molecular flexibility index (Phi) is 3.34. The van der Waals surface area contributed by atoms with Gasteiger partial charge in [-0.2, -0.15) is 4.98 Å². The van der Waals surface area contributed by atoms with E-state index in [1.807, 2.05) is 0 Å². The first-order valence-corrected chi connectivity index (χ1v) is 7.06. The van der Waals surface area contributed by atoms with Crippen LogP contribution in [0.1, 0.15) is 44.3 Å². The number of phenols is 1. The molecule has 5 heteroatoms. The molecule has 0 saturated heterocycles. The number of hydrogen-bond donors (Lipinski definition) is 2. The number of aromatic nitrogens is 2. The number of nitrogens with two attached hydrogens (primary N) is 1. The van der Waals surface area contributed by atoms with Crippen LogP contribution in [0.2, 0.25) is 0 Å². The molecule has 3 N–H and O–H groups in total. The fourth-order valence-corrected chi connectivity index (χ4v) is 2.86. The molecule has 20 heavy (non-hydrogen) atoms. The fourth-order valence-electron chi connectivity index (χ4n) is 2.86. The van der Waals surface area contributed by atoms with E-state index in [1.54, 1.807) is 18.2 Å². The number of phenolic OH excluding ortho intramolecular Hbond substituents is 1. The van der Waals surface area contributed by atoms with Gasteiger partial charge in [0.2, 0.25) is 0 Å². The van der Waals surface area contributed by atoms with Crippen molar-refractivity contribution in [3.63, 3.8) is 0 Å². The first-order chi connectivity index (χ1) is 9.63. The van der Waals surface area contributed by atoms with E-state index in [0.29, 0.717) is 23.1 Å². The second-order valence-corrected chi connectivity index (χ2v) is 5.70. The van der Waals surface area contributed by atoms with E-state index in [2.05, 4.69) is 17.1 Å². The number of aromatic hydroxyl groups is 1. The maximum Gasteiger partial charge on any atom is 0.258 e. The van der Waals surface area contributed by atoms with Crippen molar-refractivity contribution in [2.75, 3.05) is 5.73 Å². The fraction of sp³-hybridized carbons (Fsp3) is 0.467. The SMILES string of the molecule is CC1CCCC(c2noc(-c3ccc(N)c(O)c3)n2)C1. The summed E-state index contributed by atoms with van der Waals surface area (Å²) in [7, 11) is 0. The van der Waals surface area contributed by atoms with Gasteiger partial charge < -0.3 is 15.4 Å². The van der Waals surface area contributed by atoms with Crippen LogP contribution in [-0.2, 0) is 0 Å². The molecule has 106 valence electrons. The zero-order chi connectivity index (χ0) is 14.1. The van der Waals surface area contributed by atoms with E-state index < -0.39 is 0 Å². The third-order valence-corrected chi connectivity index (χ3v) is 4.02. The van der Waals surface area contributed by atoms with Crippen LogP contribution in [0.5, 0.6) is 5.75 Å². The predicted molar refractivity (Wildman–Crippen MR) is 76.2 cm³/mol. The number of anilines is 1. The van der Waals surface area contributed by atoms with E-state index in [1.165, 1.54) is 12.8 Å². The van der Waals surface area contributed by atoms with E-state index in [0.717, 1.165) is 24.6 Å². The molecule has 0 bridgehead atoms. The van der Waals surface area contributed by atoms with Gasteiger partial charge in [-0.05, 0) is 37.0 Å². The average Bonchev–Trinajstić information content (AvgIpc) is 2.92. The monoisotopic (exact) mass is 273 g/mol. The standard InChI is InChI=1S/C15H19N3O2/c1-9-3-2-4-10(7-9)14-17-15(20-18-14)11-5-6-12(16)13(19)8-11/h5-6,8-10,19H,2-4,7,16H2,1H3. The van der Waals surface area contributed by atoms with Gasteiger partial charge in [-0.15, -0.1) is 0 Å². The smallest absolute Gasteiger partial charge is 0.258 e. The molecule has 1 fully saturated rings. The van der Waals surface area contributed by atoms with Crippen LogP contribution < -0.4 is 5.73 Å². The summed E-state index contributed by atoms with van der Waals surface area (Å²) < 4.78 is 5.32. The molecule has 1 aliphatic carbocycles. The summed E-state index contributed by atoms with van der Waals surface area (Å²) in [5, 5.41) is 13.7. The van der Waals surface area contributed by atoms with Gasteiger partial charge >= 0.3 is 0 Å². The van der Waals surface area contributed by atoms with E-state index in [-0.39, 0.29) is 5.75 Å². The summed E-state index contributed by atoms with van der Waals surface area (Å²) in [5.74, 6) is 2.36. The normalized spacial score (nSPS) is 22.9. The highest BCUT2D eigenvalue weighted by atomic mass is 16.5. The largest absolute Gasteiger partial charge is 0.506 e. The lowest BCUT2D eigenvalue weighted by atomic mass is 9.82. The Morgan fingerprint density at radius 3 is 2.95 bits per heavy atom. The van der Waals surface area contributed by atoms with Gasteiger partial charge in [-0.1, -0.05) is 24.9 Å². The third kappa shape index (κ3) is 2.48. The molecule has 1 aromatic heterocycles. The molecule has 5 nitrogen and oxygen atoms in total. The molecule has 1 aliphatic rings. The van der Waals surface area contributed by atoms with E-state index >= 15 is 0 Å². The molecule has 0 amide bonds. The highest BCUT2D eigenvalue weighted by Gasteiger charge is 2.24. The average molecular weight is 273 g/mol. The molecule has 0 radical (unpaired) electrons. The molecular weight excluding hydrogens is 254 g/mol. The van der Waals surface area contributed by atoms with Crippen molar-refractivity contribution >= 4 is 5.69 Å². The maximum absolute atomic E-state index is 9.64. The predicted octanol–water partition coefficient (Wildman–Crippen LogP) is 3.32. The summed E-state index contributed by atoms with van der Waals surface area (Å²) in [6.07, 6.45) is 4.74. The van der Waals surface area contributed by atoms with E-state index in [9.17, 15) is 5.11 Å². The van der Waals surface area contributed by atoms with Crippen LogP contribution in [-0.4, -0.2) is 15.2 Å². The topological polar surface area (TPSA) is 85.2 Å². The molecular formula is C15H19N3O2. The van der Waals surface area contributed by atoms with Crippen molar-refractivity contribution in [3.8, 4) is 17.2 Å². The number of rotatable bonds is 2. The van der Waals surface area contributed by atoms with Gasteiger partial charge in [0.05, 0.1) is 5.69 Å². The summed E-state index contributed by atoms with van der Waals surface area (Å²) in [6.45, 7) is 2.27. The zero-order valence-electron chi connectivity index (χ0n) is 11.5. The second-order valence-electron chi connectivity index (χ2n) is 5.70. The minimum absolute atomic E-state index is 0.0357. The molecule has 3 rings (SSSR count). The van der Waals surface area contributed by atoms with Crippen LogP contribution in [0.3, 0.4) is 0 Å². The quantitative estimate of drug-likeness (QED) is 0.647. The van der Waals surface area contributed by atoms with Crippen LogP contribution in [0.4, 0.5) is 5.69 Å². The van der Waals surface area contributed by atoms with Crippen molar-refractivity contribution in [1.82, 2.24) is 10.1 Å². The Morgan fingerprint density at radius 2 is 2.20 bits per heavy atom. The minimum Gasteiger partial charge on any atom is -0.506 e. The summed E-state index contributed by atoms with van der Waals surface area (Å²) >= 11 is 0. The molecule has 1 aromatic carbocycles. The van der Waals surface area contributed by atoms with Gasteiger partial charge in [0, 0.05) is 11.5 Å². The molecule has 2 atom stereocenters. The van der Waals surface area contributed by atoms with Gasteiger partial charge in [-0.25, -0.2) is 0 Å². The zero-order valence-corrected chi connectivity index (χ0v) is 11.5. The first kappa shape index (κ1) is 13.0. The van der Waals surface area contributed by atoms with Crippen LogP contribution in [0.25, 0.3) is 11.5 Å². The lowest BCUT2D eigenvalue weighted by molar-refractivity contribution is 0.324. The summed E-state index contributed by atoms with van der Waals surface area (Å²) in [4.78, 5) is 4.48. The Bertz CT molecular complexity index is 609. The first-order valence-electron chi connectivity index (χ1n) is 7.06. The Hall–Kier alpha value is -2.04. The molecule has 0 spiro atoms. The van der Waals surface area contributed by atoms with Crippen LogP contribution >= 0.6 is 0 Å². The summed E-state index contributed by atoms with van der Waals surface area (Å²) in [6, 6.07) is 4.96. The van der Waals surface area contributed by atoms with Crippen molar-refractivity contribution in [3.05, 3.63) is 24.0 Å². The lowest BCUT2D eigenvalue weighted by Crippen LogP contribution is -2.12. The van der Waals surface area contributed by atoms with Gasteiger partial charge in [-0.3, -0.25) is 0 Å². The highest BCUT2D eigenvalue weighted by Crippen LogP contribution is 2.35. The van der Waals surface area contributed by atoms with E-state index in [4.69, 9.17) is 10.3 Å². The van der Waals surface area contributed by atoms with Crippen LogP contribution in [0.15, 0.2) is 22.7 Å². The third-order valence-electron chi connectivity index (χ3n) is 4.02. The number of benzene rings is 1. The van der Waals surface area contributed by atoms with Crippen LogP contribution in [0, 0.1) is 5.92 Å². The van der Waals surface area contributed by atoms with Crippen molar-refractivity contribution < 1.29 is 9.63 Å². The Labute approximate surface area is 117 Å². The molecule has 2 unspecified atom stereocenters. The van der Waals surface area contributed by atoms with Crippen molar-refractivity contribution in [2.24, 2.45) is 5.92 Å². The van der Waals surface area contributed by atoms with Crippen molar-refractivity contribution in [2.45, 2.75) is 38.5 Å². The number of nitrogens with zero attached hydrogens (tertiary/aromatic N) is 2. The Balaban J connectivity index is 1.84. The highest BCUT2D eigenvalue weighted by molar-refractivity contribution is 5.63. The molecule has 1 saturated carbocycles. The van der Waals surface area contributed by atoms with Crippen molar-refractivity contribution in [1.29, 1.82) is 0 Å². The Morgan fingerprint density at radius 1 is 1.35 bits per heavy atom. The second kappa shape index (κ2) is 5.15. The number of hydrogen-bond acceptors (Lipinski definition) is 5. The van der Waals surface area contributed by atoms with Gasteiger partial charge in [0.15, 0.2) is 5.82 Å². The lowest BCUT2D eigenvalue weighted by Gasteiger charge is -2.23. The molecule has 0 aliphatic heterocycles. The minimum atomic E-state index is 0.0357. The van der Waals surface area contributed by atoms with Gasteiger partial charge in [0.1, 0.15) is 5.75 Å².